The molecule has 5 rings (SSSR count). The van der Waals surface area contributed by atoms with E-state index in [4.69, 9.17) is 10.8 Å². The van der Waals surface area contributed by atoms with Gasteiger partial charge >= 0.3 is 0 Å². The van der Waals surface area contributed by atoms with Crippen LogP contribution < -0.4 is 11.1 Å². The molecule has 0 fully saturated rings. The van der Waals surface area contributed by atoms with Crippen molar-refractivity contribution in [2.75, 3.05) is 5.73 Å². The first kappa shape index (κ1) is 22.3. The lowest BCUT2D eigenvalue weighted by Gasteiger charge is -2.11. The second kappa shape index (κ2) is 9.38. The highest BCUT2D eigenvalue weighted by molar-refractivity contribution is 5.79. The number of rotatable bonds is 7. The highest BCUT2D eigenvalue weighted by Gasteiger charge is 2.17. The molecule has 0 aliphatic rings. The van der Waals surface area contributed by atoms with E-state index in [1.54, 1.807) is 4.52 Å². The van der Waals surface area contributed by atoms with Gasteiger partial charge in [-0.1, -0.05) is 60.7 Å². The van der Waals surface area contributed by atoms with Crippen LogP contribution in [0.25, 0.3) is 17.0 Å². The molecule has 9 nitrogen and oxygen atoms in total. The maximum absolute atomic E-state index is 12.9. The number of hydrogen-bond acceptors (Lipinski definition) is 6. The van der Waals surface area contributed by atoms with E-state index in [0.29, 0.717) is 18.9 Å². The fourth-order valence-electron chi connectivity index (χ4n) is 4.18. The molecule has 0 aliphatic carbocycles. The van der Waals surface area contributed by atoms with Gasteiger partial charge in [0.05, 0.1) is 18.7 Å². The number of nitrogens with two attached hydrogens (primary N) is 1. The molecule has 35 heavy (non-hydrogen) atoms. The number of aromatic nitrogens is 6. The molecule has 9 heteroatoms. The van der Waals surface area contributed by atoms with Gasteiger partial charge in [-0.3, -0.25) is 9.48 Å². The molecule has 0 aliphatic heterocycles. The molecular weight excluding hydrogens is 440 g/mol. The van der Waals surface area contributed by atoms with E-state index < -0.39 is 0 Å². The summed E-state index contributed by atoms with van der Waals surface area (Å²) >= 11 is 0. The van der Waals surface area contributed by atoms with E-state index in [9.17, 15) is 4.79 Å². The molecule has 1 amide bonds. The minimum absolute atomic E-state index is 0.111. The maximum atomic E-state index is 12.9. The Morgan fingerprint density at radius 2 is 1.69 bits per heavy atom. The van der Waals surface area contributed by atoms with Crippen molar-refractivity contribution in [1.29, 1.82) is 0 Å². The van der Waals surface area contributed by atoms with Crippen molar-refractivity contribution >= 4 is 17.6 Å². The van der Waals surface area contributed by atoms with Crippen LogP contribution in [0.4, 0.5) is 5.95 Å². The van der Waals surface area contributed by atoms with Gasteiger partial charge in [-0.15, -0.1) is 5.10 Å². The van der Waals surface area contributed by atoms with Crippen LogP contribution in [0, 0.1) is 13.8 Å². The summed E-state index contributed by atoms with van der Waals surface area (Å²) in [6, 6.07) is 20.2. The van der Waals surface area contributed by atoms with Crippen LogP contribution in [-0.2, 0) is 24.3 Å². The Balaban J connectivity index is 1.36. The average Bonchev–Trinajstić information content (AvgIpc) is 3.44. The van der Waals surface area contributed by atoms with Crippen LogP contribution in [0.2, 0.25) is 0 Å². The van der Waals surface area contributed by atoms with Gasteiger partial charge < -0.3 is 11.1 Å². The zero-order chi connectivity index (χ0) is 24.4. The molecule has 0 unspecified atom stereocenters. The molecule has 0 saturated carbocycles. The lowest BCUT2D eigenvalue weighted by molar-refractivity contribution is -0.120. The molecule has 0 spiro atoms. The van der Waals surface area contributed by atoms with Gasteiger partial charge in [0.1, 0.15) is 0 Å². The fraction of sp³-hybridized carbons (Fsp3) is 0.192. The standard InChI is InChI=1S/C26H26N8O/c1-17-22(18(2)34-26(29-17)30-25(27)32-34)13-23(35)28-14-21-16-33(15-19-9-5-3-6-10-19)31-24(21)20-11-7-4-8-12-20/h3-12,16H,13-15H2,1-2H3,(H2,27,32)(H,28,35). The van der Waals surface area contributed by atoms with Gasteiger partial charge in [0.25, 0.3) is 5.78 Å². The highest BCUT2D eigenvalue weighted by atomic mass is 16.1. The maximum Gasteiger partial charge on any atom is 0.254 e. The molecule has 0 bridgehead atoms. The van der Waals surface area contributed by atoms with Gasteiger partial charge in [0.15, 0.2) is 0 Å². The summed E-state index contributed by atoms with van der Waals surface area (Å²) in [4.78, 5) is 21.5. The number of amides is 1. The number of nitrogens with zero attached hydrogens (tertiary/aromatic N) is 6. The molecule has 5 aromatic rings. The third kappa shape index (κ3) is 4.74. The number of benzene rings is 2. The Labute approximate surface area is 202 Å². The first-order valence-corrected chi connectivity index (χ1v) is 11.4. The van der Waals surface area contributed by atoms with E-state index in [-0.39, 0.29) is 18.3 Å². The quantitative estimate of drug-likeness (QED) is 0.381. The predicted octanol–water partition coefficient (Wildman–Crippen LogP) is 3.09. The van der Waals surface area contributed by atoms with E-state index in [2.05, 4.69) is 32.5 Å². The van der Waals surface area contributed by atoms with Gasteiger partial charge in [-0.05, 0) is 19.4 Å². The van der Waals surface area contributed by atoms with Crippen LogP contribution >= 0.6 is 0 Å². The van der Waals surface area contributed by atoms with Gasteiger partial charge in [0.2, 0.25) is 11.9 Å². The number of carbonyl (C=O) groups excluding carboxylic acids is 1. The molecule has 3 aromatic heterocycles. The van der Waals surface area contributed by atoms with Gasteiger partial charge in [0, 0.05) is 40.8 Å². The van der Waals surface area contributed by atoms with E-state index >= 15 is 0 Å². The van der Waals surface area contributed by atoms with Crippen LogP contribution in [-0.4, -0.2) is 35.3 Å². The Morgan fingerprint density at radius 1 is 0.971 bits per heavy atom. The predicted molar refractivity (Wildman–Crippen MR) is 133 cm³/mol. The number of fused-ring (bicyclic) bond motifs is 1. The number of nitrogens with one attached hydrogen (secondary N) is 1. The normalized spacial score (nSPS) is 11.1. The second-order valence-electron chi connectivity index (χ2n) is 8.45. The molecule has 3 N–H and O–H groups in total. The minimum Gasteiger partial charge on any atom is -0.366 e. The third-order valence-electron chi connectivity index (χ3n) is 5.95. The third-order valence-corrected chi connectivity index (χ3v) is 5.95. The van der Waals surface area contributed by atoms with Crippen molar-refractivity contribution < 1.29 is 4.79 Å². The Kier molecular flexibility index (Phi) is 5.97. The number of nitrogen functional groups attached to an aromatic ring is 1. The second-order valence-corrected chi connectivity index (χ2v) is 8.45. The lowest BCUT2D eigenvalue weighted by atomic mass is 10.1. The monoisotopic (exact) mass is 466 g/mol. The first-order valence-electron chi connectivity index (χ1n) is 11.4. The van der Waals surface area contributed by atoms with E-state index in [0.717, 1.165) is 39.3 Å². The van der Waals surface area contributed by atoms with Crippen molar-refractivity contribution in [3.8, 4) is 11.3 Å². The molecule has 0 radical (unpaired) electrons. The number of carbonyl (C=O) groups is 1. The van der Waals surface area contributed by atoms with Crippen molar-refractivity contribution in [2.45, 2.75) is 33.4 Å². The molecular formula is C26H26N8O. The van der Waals surface area contributed by atoms with Gasteiger partial charge in [-0.2, -0.15) is 14.6 Å². The summed E-state index contributed by atoms with van der Waals surface area (Å²) in [5.74, 6) is 0.475. The van der Waals surface area contributed by atoms with Crippen molar-refractivity contribution in [3.05, 3.63) is 94.9 Å². The fourth-order valence-corrected chi connectivity index (χ4v) is 4.18. The molecule has 0 saturated heterocycles. The van der Waals surface area contributed by atoms with Crippen molar-refractivity contribution in [2.24, 2.45) is 0 Å². The molecule has 2 aromatic carbocycles. The number of anilines is 1. The zero-order valence-electron chi connectivity index (χ0n) is 19.6. The van der Waals surface area contributed by atoms with Crippen molar-refractivity contribution in [3.63, 3.8) is 0 Å². The Bertz CT molecular complexity index is 1490. The summed E-state index contributed by atoms with van der Waals surface area (Å²) in [7, 11) is 0. The number of aryl methyl sites for hydroxylation is 2. The van der Waals surface area contributed by atoms with Crippen LogP contribution in [0.3, 0.4) is 0 Å². The van der Waals surface area contributed by atoms with Crippen LogP contribution in [0.1, 0.15) is 28.1 Å². The lowest BCUT2D eigenvalue weighted by Crippen LogP contribution is -2.26. The Morgan fingerprint density at radius 3 is 2.43 bits per heavy atom. The summed E-state index contributed by atoms with van der Waals surface area (Å²) < 4.78 is 3.49. The molecule has 0 atom stereocenters. The minimum atomic E-state index is -0.111. The molecule has 176 valence electrons. The number of hydrogen-bond donors (Lipinski definition) is 2. The van der Waals surface area contributed by atoms with Gasteiger partial charge in [-0.25, -0.2) is 4.98 Å². The zero-order valence-corrected chi connectivity index (χ0v) is 19.6. The van der Waals surface area contributed by atoms with E-state index in [1.807, 2.05) is 73.3 Å². The largest absolute Gasteiger partial charge is 0.366 e. The summed E-state index contributed by atoms with van der Waals surface area (Å²) in [6.45, 7) is 4.77. The highest BCUT2D eigenvalue weighted by Crippen LogP contribution is 2.22. The first-order chi connectivity index (χ1) is 17.0. The topological polar surface area (TPSA) is 116 Å². The van der Waals surface area contributed by atoms with Crippen LogP contribution in [0.15, 0.2) is 66.9 Å². The van der Waals surface area contributed by atoms with E-state index in [1.165, 1.54) is 0 Å². The molecule has 3 heterocycles. The summed E-state index contributed by atoms with van der Waals surface area (Å²) in [5, 5.41) is 12.1. The van der Waals surface area contributed by atoms with Crippen LogP contribution in [0.5, 0.6) is 0 Å². The Hall–Kier alpha value is -4.53. The average molecular weight is 467 g/mol. The smallest absolute Gasteiger partial charge is 0.254 e. The summed E-state index contributed by atoms with van der Waals surface area (Å²) in [5.41, 5.74) is 12.0. The summed E-state index contributed by atoms with van der Waals surface area (Å²) in [6.07, 6.45) is 2.18. The SMILES string of the molecule is Cc1nc2nc(N)nn2c(C)c1CC(=O)NCc1cn(Cc2ccccc2)nc1-c1ccccc1. The van der Waals surface area contributed by atoms with Crippen molar-refractivity contribution in [1.82, 2.24) is 34.7 Å².